The maximum absolute atomic E-state index is 12.9. The van der Waals surface area contributed by atoms with Crippen LogP contribution in [0.2, 0.25) is 0 Å². The smallest absolute Gasteiger partial charge is 0.369 e. The van der Waals surface area contributed by atoms with E-state index in [4.69, 9.17) is 67.3 Å². The molecular weight excluding hydrogens is 918 g/mol. The average molecular weight is 983 g/mol. The van der Waals surface area contributed by atoms with Crippen molar-refractivity contribution in [2.24, 2.45) is 0 Å². The summed E-state index contributed by atoms with van der Waals surface area (Å²) in [5.41, 5.74) is 0. The molecule has 1 aliphatic heterocycles. The van der Waals surface area contributed by atoms with Gasteiger partial charge in [-0.25, -0.2) is 0 Å². The maximum Gasteiger partial charge on any atom is 0.369 e. The van der Waals surface area contributed by atoms with E-state index in [0.717, 1.165) is 17.1 Å². The van der Waals surface area contributed by atoms with Gasteiger partial charge in [0.25, 0.3) is 16.9 Å². The molecule has 0 saturated heterocycles. The number of hydrogen-bond donors (Lipinski definition) is 9. The topological polar surface area (TPSA) is 380 Å². The lowest BCUT2D eigenvalue weighted by atomic mass is 10.2. The van der Waals surface area contributed by atoms with Crippen molar-refractivity contribution in [2.45, 2.75) is 43.2 Å². The van der Waals surface area contributed by atoms with Crippen LogP contribution in [0.5, 0.6) is 0 Å². The summed E-state index contributed by atoms with van der Waals surface area (Å²) in [7, 11) is -11.1. The molecule has 1 aliphatic rings. The van der Waals surface area contributed by atoms with Gasteiger partial charge in [0.05, 0.1) is 125 Å². The zero-order valence-corrected chi connectivity index (χ0v) is 37.9. The number of hydrogen-bond acceptors (Lipinski definition) is 18. The number of aliphatic carboxylic acids is 1. The first-order valence-electron chi connectivity index (χ1n) is 20.5. The number of nitrogens with one attached hydrogen (secondary N) is 3. The molecule has 65 heavy (non-hydrogen) atoms. The molecule has 9 N–H and O–H groups in total. The van der Waals surface area contributed by atoms with Crippen LogP contribution >= 0.6 is 15.2 Å². The van der Waals surface area contributed by atoms with Crippen LogP contribution < -0.4 is 16.0 Å². The van der Waals surface area contributed by atoms with Gasteiger partial charge in [-0.1, -0.05) is 0 Å². The maximum atomic E-state index is 12.9. The minimum atomic E-state index is -5.55. The van der Waals surface area contributed by atoms with Gasteiger partial charge in [0.1, 0.15) is 6.04 Å². The molecule has 0 spiro atoms. The van der Waals surface area contributed by atoms with E-state index in [-0.39, 0.29) is 144 Å². The molecule has 1 rings (SSSR count). The Balaban J connectivity index is 2.05. The molecule has 5 amide bonds. The molecule has 0 fully saturated rings. The Morgan fingerprint density at radius 2 is 0.892 bits per heavy atom. The van der Waals surface area contributed by atoms with Crippen LogP contribution in [0.25, 0.3) is 0 Å². The average Bonchev–Trinajstić information content (AvgIpc) is 3.57. The van der Waals surface area contributed by atoms with Gasteiger partial charge in [-0.15, -0.1) is 0 Å². The summed E-state index contributed by atoms with van der Waals surface area (Å²) < 4.78 is 70.7. The fourth-order valence-corrected chi connectivity index (χ4v) is 7.28. The van der Waals surface area contributed by atoms with E-state index in [1.165, 1.54) is 0 Å². The lowest BCUT2D eigenvalue weighted by Crippen LogP contribution is -2.55. The van der Waals surface area contributed by atoms with Gasteiger partial charge in [-0.05, 0) is 6.42 Å². The summed E-state index contributed by atoms with van der Waals surface area (Å²) in [6, 6.07) is -1.30. The fraction of sp³-hybridized carbons (Fsp3) is 0.778. The van der Waals surface area contributed by atoms with Crippen molar-refractivity contribution in [3.63, 3.8) is 0 Å². The third-order valence-electron chi connectivity index (χ3n) is 8.45. The van der Waals surface area contributed by atoms with Gasteiger partial charge in [0.2, 0.25) is 17.7 Å². The highest BCUT2D eigenvalue weighted by molar-refractivity contribution is 7.72. The van der Waals surface area contributed by atoms with E-state index < -0.39 is 68.2 Å². The van der Waals surface area contributed by atoms with Gasteiger partial charge in [0.15, 0.2) is 0 Å². The van der Waals surface area contributed by atoms with Crippen LogP contribution in [0, 0.1) is 0 Å². The van der Waals surface area contributed by atoms with Gasteiger partial charge >= 0.3 is 21.2 Å². The first-order valence-corrected chi connectivity index (χ1v) is 23.7. The SMILES string of the molecule is O=C(O)CCOCCOCCOCCOCCNC(=O)[C@H](CNC(=O)CCOCCOCCOCCOCCOCCC(=O)NCCCC(O)(P(=O)(O)O)P(=O)(O)O)N1C(=O)C=CC1=O. The summed E-state index contributed by atoms with van der Waals surface area (Å²) in [5.74, 6) is -3.94. The molecule has 29 heteroatoms. The predicted octanol–water partition coefficient (Wildman–Crippen LogP) is -3.19. The molecule has 27 nitrogen and oxygen atoms in total. The first kappa shape index (κ1) is 59.7. The van der Waals surface area contributed by atoms with E-state index >= 15 is 0 Å². The number of imide groups is 1. The standard InChI is InChI=1S/C36H64N4O23P2/c41-30(37-8-1-7-36(48,64(49,50)51)65(52,53)54)4-10-55-14-18-59-23-26-63-27-24-60-19-15-56-11-5-31(42)39-28-29(40-32(43)2-3-33(40)44)35(47)38-9-13-58-17-21-62-25-22-61-20-16-57-12-6-34(45)46/h2-3,29,48H,1,4-28H2,(H,37,41)(H,38,47)(H,39,42)(H,45,46)(H2,49,50,51)(H2,52,53,54)/t29-/m0/s1. The number of aliphatic hydroxyl groups is 1. The second-order valence-electron chi connectivity index (χ2n) is 13.5. The van der Waals surface area contributed by atoms with Gasteiger partial charge in [-0.3, -0.25) is 42.8 Å². The van der Waals surface area contributed by atoms with E-state index in [1.807, 2.05) is 0 Å². The number of carboxylic acid groups (broad SMARTS) is 1. The highest BCUT2D eigenvalue weighted by Gasteiger charge is 2.58. The monoisotopic (exact) mass is 982 g/mol. The molecule has 1 heterocycles. The van der Waals surface area contributed by atoms with Crippen molar-refractivity contribution >= 4 is 50.7 Å². The highest BCUT2D eigenvalue weighted by Crippen LogP contribution is 2.69. The Morgan fingerprint density at radius 3 is 1.28 bits per heavy atom. The number of carboxylic acids is 1. The normalized spacial score (nSPS) is 13.6. The quantitative estimate of drug-likeness (QED) is 0.0165. The Labute approximate surface area is 375 Å². The van der Waals surface area contributed by atoms with Crippen LogP contribution in [-0.4, -0.2) is 220 Å². The number of carbonyl (C=O) groups excluding carboxylic acids is 5. The molecular formula is C36H64N4O23P2. The van der Waals surface area contributed by atoms with E-state index in [2.05, 4.69) is 16.0 Å². The van der Waals surface area contributed by atoms with Crippen molar-refractivity contribution in [3.05, 3.63) is 12.2 Å². The fourth-order valence-electron chi connectivity index (χ4n) is 5.02. The van der Waals surface area contributed by atoms with E-state index in [9.17, 15) is 43.0 Å². The minimum Gasteiger partial charge on any atom is -0.481 e. The van der Waals surface area contributed by atoms with Crippen LogP contribution in [0.3, 0.4) is 0 Å². The summed E-state index contributed by atoms with van der Waals surface area (Å²) in [5, 5.41) is 22.4. The molecule has 0 saturated carbocycles. The Kier molecular flexibility index (Phi) is 32.0. The van der Waals surface area contributed by atoms with E-state index in [0.29, 0.717) is 19.8 Å². The van der Waals surface area contributed by atoms with Gasteiger partial charge < -0.3 is 88.4 Å². The zero-order valence-electron chi connectivity index (χ0n) is 36.1. The lowest BCUT2D eigenvalue weighted by molar-refractivity contribution is -0.145. The van der Waals surface area contributed by atoms with Crippen molar-refractivity contribution in [2.75, 3.05) is 139 Å². The molecule has 0 bridgehead atoms. The number of carbonyl (C=O) groups is 6. The second kappa shape index (κ2) is 34.9. The number of amides is 5. The summed E-state index contributed by atoms with van der Waals surface area (Å²) >= 11 is 0. The highest BCUT2D eigenvalue weighted by atomic mass is 31.2. The van der Waals surface area contributed by atoms with Crippen LogP contribution in [-0.2, 0) is 80.5 Å². The second-order valence-corrected chi connectivity index (χ2v) is 17.5. The molecule has 0 aromatic rings. The Morgan fingerprint density at radius 1 is 0.538 bits per heavy atom. The molecule has 0 unspecified atom stereocenters. The van der Waals surface area contributed by atoms with Crippen LogP contribution in [0.15, 0.2) is 12.2 Å². The Bertz CT molecular complexity index is 1510. The third kappa shape index (κ3) is 27.8. The number of rotatable bonds is 43. The third-order valence-corrected chi connectivity index (χ3v) is 12.3. The molecule has 0 aromatic carbocycles. The zero-order chi connectivity index (χ0) is 48.4. The lowest BCUT2D eigenvalue weighted by Gasteiger charge is -2.29. The van der Waals surface area contributed by atoms with Crippen molar-refractivity contribution in [3.8, 4) is 0 Å². The Hall–Kier alpha value is -3.34. The van der Waals surface area contributed by atoms with Crippen molar-refractivity contribution < 1.29 is 110 Å². The number of nitrogens with zero attached hydrogens (tertiary/aromatic N) is 1. The first-order chi connectivity index (χ1) is 30.9. The minimum absolute atomic E-state index is 0.0376. The van der Waals surface area contributed by atoms with Gasteiger partial charge in [0, 0.05) is 51.0 Å². The van der Waals surface area contributed by atoms with Gasteiger partial charge in [-0.2, -0.15) is 0 Å². The predicted molar refractivity (Wildman–Crippen MR) is 221 cm³/mol. The molecule has 0 aromatic heterocycles. The molecule has 376 valence electrons. The largest absolute Gasteiger partial charge is 0.481 e. The molecule has 0 aliphatic carbocycles. The van der Waals surface area contributed by atoms with Crippen LogP contribution in [0.1, 0.15) is 32.1 Å². The molecule has 1 atom stereocenters. The van der Waals surface area contributed by atoms with Crippen molar-refractivity contribution in [1.82, 2.24) is 20.9 Å². The summed E-state index contributed by atoms with van der Waals surface area (Å²) in [4.78, 5) is 109. The molecule has 0 radical (unpaired) electrons. The summed E-state index contributed by atoms with van der Waals surface area (Å²) in [6.07, 6.45) is 0.636. The van der Waals surface area contributed by atoms with Crippen LogP contribution in [0.4, 0.5) is 0 Å². The number of ether oxygens (including phenoxy) is 9. The van der Waals surface area contributed by atoms with E-state index in [1.54, 1.807) is 0 Å². The van der Waals surface area contributed by atoms with Crippen molar-refractivity contribution in [1.29, 1.82) is 0 Å². The summed E-state index contributed by atoms with van der Waals surface area (Å²) in [6.45, 7) is 3.43.